The Labute approximate surface area is 216 Å². The summed E-state index contributed by atoms with van der Waals surface area (Å²) >= 11 is 0. The Morgan fingerprint density at radius 2 is 1.73 bits per heavy atom. The van der Waals surface area contributed by atoms with E-state index in [-0.39, 0.29) is 30.9 Å². The molecule has 5 atom stereocenters. The van der Waals surface area contributed by atoms with Crippen molar-refractivity contribution in [1.29, 1.82) is 0 Å². The molecule has 5 rings (SSSR count). The largest absolute Gasteiger partial charge is 0.497 e. The van der Waals surface area contributed by atoms with Crippen LogP contribution in [0.1, 0.15) is 32.6 Å². The van der Waals surface area contributed by atoms with Crippen LogP contribution in [-0.4, -0.2) is 65.2 Å². The van der Waals surface area contributed by atoms with E-state index >= 15 is 0 Å². The Morgan fingerprint density at radius 3 is 2.38 bits per heavy atom. The summed E-state index contributed by atoms with van der Waals surface area (Å²) < 4.78 is 11.9. The number of methoxy groups -OCH3 is 1. The molecule has 2 bridgehead atoms. The van der Waals surface area contributed by atoms with Crippen LogP contribution < -0.4 is 15.4 Å². The zero-order chi connectivity index (χ0) is 26.2. The third-order valence-corrected chi connectivity index (χ3v) is 8.17. The van der Waals surface area contributed by atoms with Gasteiger partial charge in [0.1, 0.15) is 17.4 Å². The molecule has 3 fully saturated rings. The summed E-state index contributed by atoms with van der Waals surface area (Å²) in [6, 6.07) is 15.2. The smallest absolute Gasteiger partial charge is 0.250 e. The minimum atomic E-state index is -1.11. The van der Waals surface area contributed by atoms with E-state index < -0.39 is 29.1 Å². The van der Waals surface area contributed by atoms with Gasteiger partial charge < -0.3 is 30.1 Å². The molecule has 0 aromatic heterocycles. The van der Waals surface area contributed by atoms with Gasteiger partial charge in [-0.3, -0.25) is 14.4 Å². The molecule has 196 valence electrons. The van der Waals surface area contributed by atoms with Gasteiger partial charge in [-0.15, -0.1) is 0 Å². The number of aliphatic hydroxyl groups excluding tert-OH is 1. The summed E-state index contributed by atoms with van der Waals surface area (Å²) in [5, 5.41) is 15.4. The van der Waals surface area contributed by atoms with E-state index in [2.05, 4.69) is 10.6 Å². The van der Waals surface area contributed by atoms with Crippen LogP contribution in [0.15, 0.2) is 54.6 Å². The van der Waals surface area contributed by atoms with Crippen molar-refractivity contribution in [3.8, 4) is 5.75 Å². The first kappa shape index (κ1) is 25.2. The number of carbonyl (C=O) groups excluding carboxylic acids is 3. The highest BCUT2D eigenvalue weighted by Crippen LogP contribution is 2.64. The fourth-order valence-corrected chi connectivity index (χ4v) is 6.52. The quantitative estimate of drug-likeness (QED) is 0.481. The summed E-state index contributed by atoms with van der Waals surface area (Å²) in [5.41, 5.74) is -0.720. The molecule has 3 aliphatic heterocycles. The number of hydrogen-bond donors (Lipinski definition) is 3. The third-order valence-electron chi connectivity index (χ3n) is 8.17. The lowest BCUT2D eigenvalue weighted by atomic mass is 9.65. The van der Waals surface area contributed by atoms with E-state index in [1.807, 2.05) is 25.1 Å². The standard InChI is InChI=1S/C28H33N3O6/c1-3-27-14-15-28(37-27)22(21(27)24(33)29-18-8-5-4-6-9-18)26(35)31(16-7-17-32)23(28)25(34)30-19-10-12-20(36-2)13-11-19/h4-6,8-13,21-23,32H,3,7,14-17H2,1-2H3,(H,29,33)(H,30,34)/t21-,22-,23?,27+,28?/m0/s1. The Morgan fingerprint density at radius 1 is 1.05 bits per heavy atom. The third kappa shape index (κ3) is 4.06. The number of nitrogens with one attached hydrogen (secondary N) is 2. The number of rotatable bonds is 9. The van der Waals surface area contributed by atoms with Gasteiger partial charge in [0.25, 0.3) is 0 Å². The zero-order valence-corrected chi connectivity index (χ0v) is 21.1. The summed E-state index contributed by atoms with van der Waals surface area (Å²) in [7, 11) is 1.57. The van der Waals surface area contributed by atoms with E-state index in [4.69, 9.17) is 9.47 Å². The Balaban J connectivity index is 1.49. The highest BCUT2D eigenvalue weighted by molar-refractivity contribution is 6.05. The predicted octanol–water partition coefficient (Wildman–Crippen LogP) is 2.81. The van der Waals surface area contributed by atoms with Gasteiger partial charge in [0.2, 0.25) is 17.7 Å². The van der Waals surface area contributed by atoms with E-state index in [1.165, 1.54) is 4.90 Å². The monoisotopic (exact) mass is 507 g/mol. The van der Waals surface area contributed by atoms with Crippen molar-refractivity contribution in [1.82, 2.24) is 4.90 Å². The molecular weight excluding hydrogens is 474 g/mol. The second-order valence-electron chi connectivity index (χ2n) is 10.0. The Bertz CT molecular complexity index is 1170. The highest BCUT2D eigenvalue weighted by atomic mass is 16.5. The number of benzene rings is 2. The molecule has 2 unspecified atom stereocenters. The van der Waals surface area contributed by atoms with Crippen LogP contribution in [0.4, 0.5) is 11.4 Å². The van der Waals surface area contributed by atoms with Crippen molar-refractivity contribution in [2.75, 3.05) is 30.9 Å². The van der Waals surface area contributed by atoms with Crippen molar-refractivity contribution in [2.45, 2.75) is 49.9 Å². The molecule has 2 aromatic rings. The molecule has 1 spiro atoms. The van der Waals surface area contributed by atoms with Crippen LogP contribution in [0, 0.1) is 11.8 Å². The van der Waals surface area contributed by atoms with Crippen LogP contribution in [0.2, 0.25) is 0 Å². The van der Waals surface area contributed by atoms with Crippen LogP contribution in [0.5, 0.6) is 5.75 Å². The van der Waals surface area contributed by atoms with Gasteiger partial charge in [0, 0.05) is 24.5 Å². The number of fused-ring (bicyclic) bond motifs is 1. The number of likely N-dealkylation sites (tertiary alicyclic amines) is 1. The van der Waals surface area contributed by atoms with E-state index in [9.17, 15) is 19.5 Å². The number of nitrogens with zero attached hydrogens (tertiary/aromatic N) is 1. The normalized spacial score (nSPS) is 29.8. The molecule has 3 aliphatic rings. The van der Waals surface area contributed by atoms with Gasteiger partial charge in [0.05, 0.1) is 24.5 Å². The Kier molecular flexibility index (Phi) is 6.68. The fourth-order valence-electron chi connectivity index (χ4n) is 6.52. The van der Waals surface area contributed by atoms with Crippen LogP contribution in [0.3, 0.4) is 0 Å². The van der Waals surface area contributed by atoms with Crippen LogP contribution in [0.25, 0.3) is 0 Å². The van der Waals surface area contributed by atoms with E-state index in [0.717, 1.165) is 0 Å². The molecule has 9 nitrogen and oxygen atoms in total. The average molecular weight is 508 g/mol. The molecule has 37 heavy (non-hydrogen) atoms. The van der Waals surface area contributed by atoms with Gasteiger partial charge in [-0.05, 0) is 62.1 Å². The number of ether oxygens (including phenoxy) is 2. The first-order valence-electron chi connectivity index (χ1n) is 12.8. The molecule has 0 aliphatic carbocycles. The molecule has 3 amide bonds. The van der Waals surface area contributed by atoms with Crippen LogP contribution >= 0.6 is 0 Å². The molecule has 3 heterocycles. The van der Waals surface area contributed by atoms with E-state index in [1.54, 1.807) is 43.5 Å². The highest BCUT2D eigenvalue weighted by Gasteiger charge is 2.78. The maximum atomic E-state index is 13.9. The number of anilines is 2. The van der Waals surface area contributed by atoms with Gasteiger partial charge in [0.15, 0.2) is 0 Å². The lowest BCUT2D eigenvalue weighted by molar-refractivity contribution is -0.144. The maximum absolute atomic E-state index is 13.9. The summed E-state index contributed by atoms with van der Waals surface area (Å²) in [6.45, 7) is 2.04. The molecule has 0 saturated carbocycles. The topological polar surface area (TPSA) is 117 Å². The van der Waals surface area contributed by atoms with Crippen molar-refractivity contribution in [3.05, 3.63) is 54.6 Å². The number of carbonyl (C=O) groups is 3. The predicted molar refractivity (Wildman–Crippen MR) is 137 cm³/mol. The summed E-state index contributed by atoms with van der Waals surface area (Å²) in [5.74, 6) is -1.76. The maximum Gasteiger partial charge on any atom is 0.250 e. The minimum absolute atomic E-state index is 0.119. The van der Waals surface area contributed by atoms with E-state index in [0.29, 0.717) is 42.8 Å². The number of amides is 3. The molecule has 9 heteroatoms. The SMILES string of the molecule is CC[C@]12CCC3(O1)C(C(=O)Nc1ccc(OC)cc1)N(CCCO)C(=O)[C@@H]3[C@H]2C(=O)Nc1ccccc1. The first-order valence-corrected chi connectivity index (χ1v) is 12.8. The number of aliphatic hydroxyl groups is 1. The van der Waals surface area contributed by atoms with Crippen molar-refractivity contribution in [2.24, 2.45) is 11.8 Å². The second kappa shape index (κ2) is 9.79. The Hall–Kier alpha value is -3.43. The zero-order valence-electron chi connectivity index (χ0n) is 21.1. The van der Waals surface area contributed by atoms with Crippen LogP contribution in [-0.2, 0) is 19.1 Å². The number of para-hydroxylation sites is 1. The van der Waals surface area contributed by atoms with Gasteiger partial charge >= 0.3 is 0 Å². The lowest BCUT2D eigenvalue weighted by Gasteiger charge is -2.34. The second-order valence-corrected chi connectivity index (χ2v) is 10.0. The van der Waals surface area contributed by atoms with Crippen molar-refractivity contribution in [3.63, 3.8) is 0 Å². The minimum Gasteiger partial charge on any atom is -0.497 e. The molecule has 3 saturated heterocycles. The molecule has 3 N–H and O–H groups in total. The van der Waals surface area contributed by atoms with Gasteiger partial charge in [-0.1, -0.05) is 25.1 Å². The van der Waals surface area contributed by atoms with Gasteiger partial charge in [-0.2, -0.15) is 0 Å². The van der Waals surface area contributed by atoms with Crippen molar-refractivity contribution < 1.29 is 29.0 Å². The van der Waals surface area contributed by atoms with Gasteiger partial charge in [-0.25, -0.2) is 0 Å². The average Bonchev–Trinajstić information content (AvgIpc) is 3.52. The summed E-state index contributed by atoms with van der Waals surface area (Å²) in [4.78, 5) is 42.9. The summed E-state index contributed by atoms with van der Waals surface area (Å²) in [6.07, 6.45) is 1.96. The molecule has 0 radical (unpaired) electrons. The lowest BCUT2D eigenvalue weighted by Crippen LogP contribution is -2.53. The molecule has 2 aromatic carbocycles. The molecular formula is C28H33N3O6. The van der Waals surface area contributed by atoms with Crippen molar-refractivity contribution >= 4 is 29.1 Å². The fraction of sp³-hybridized carbons (Fsp3) is 0.464. The number of hydrogen-bond acceptors (Lipinski definition) is 6. The first-order chi connectivity index (χ1) is 17.9.